The second-order valence-electron chi connectivity index (χ2n) is 5.76. The van der Waals surface area contributed by atoms with Gasteiger partial charge in [0.25, 0.3) is 0 Å². The van der Waals surface area contributed by atoms with Crippen molar-refractivity contribution in [1.82, 2.24) is 10.2 Å². The largest absolute Gasteiger partial charge is 0.353 e. The summed E-state index contributed by atoms with van der Waals surface area (Å²) < 4.78 is 0. The Morgan fingerprint density at radius 2 is 1.95 bits per heavy atom. The minimum atomic E-state index is -0.593. The number of amides is 1. The summed E-state index contributed by atoms with van der Waals surface area (Å²) in [6.45, 7) is 2.66. The molecule has 1 unspecified atom stereocenters. The van der Waals surface area contributed by atoms with Gasteiger partial charge in [-0.05, 0) is 39.4 Å². The maximum atomic E-state index is 11.9. The molecule has 1 amide bonds. The number of carbonyl (C=O) groups is 1. The van der Waals surface area contributed by atoms with Gasteiger partial charge in [0.05, 0.1) is 11.6 Å². The normalized spacial score (nSPS) is 18.2. The van der Waals surface area contributed by atoms with E-state index in [1.54, 1.807) is 0 Å². The predicted molar refractivity (Wildman–Crippen MR) is 76.8 cm³/mol. The zero-order valence-corrected chi connectivity index (χ0v) is 11.9. The molecule has 2 rings (SSSR count). The van der Waals surface area contributed by atoms with Crippen LogP contribution in [0.1, 0.15) is 30.0 Å². The smallest absolute Gasteiger partial charge is 0.240 e. The van der Waals surface area contributed by atoms with Crippen LogP contribution in [0.25, 0.3) is 0 Å². The maximum absolute atomic E-state index is 11.9. The highest BCUT2D eigenvalue weighted by atomic mass is 16.2. The van der Waals surface area contributed by atoms with Crippen LogP contribution in [0.5, 0.6) is 0 Å². The second kappa shape index (κ2) is 5.31. The zero-order valence-electron chi connectivity index (χ0n) is 11.9. The van der Waals surface area contributed by atoms with E-state index in [0.717, 1.165) is 12.8 Å². The van der Waals surface area contributed by atoms with Crippen molar-refractivity contribution in [3.8, 4) is 0 Å². The quantitative estimate of drug-likeness (QED) is 0.837. The Balaban J connectivity index is 2.00. The van der Waals surface area contributed by atoms with Crippen LogP contribution in [0.4, 0.5) is 0 Å². The Morgan fingerprint density at radius 3 is 2.42 bits per heavy atom. The van der Waals surface area contributed by atoms with Crippen LogP contribution >= 0.6 is 0 Å². The van der Waals surface area contributed by atoms with E-state index >= 15 is 0 Å². The van der Waals surface area contributed by atoms with E-state index in [9.17, 15) is 4.79 Å². The highest BCUT2D eigenvalue weighted by molar-refractivity contribution is 5.88. The van der Waals surface area contributed by atoms with Crippen molar-refractivity contribution in [2.24, 2.45) is 5.73 Å². The lowest BCUT2D eigenvalue weighted by Crippen LogP contribution is -2.45. The molecule has 0 heterocycles. The number of benzene rings is 1. The molecule has 1 aromatic carbocycles. The molecule has 1 aliphatic carbocycles. The summed E-state index contributed by atoms with van der Waals surface area (Å²) in [6, 6.07) is 8.59. The summed E-state index contributed by atoms with van der Waals surface area (Å²) in [5.74, 6) is -0.0218. The average molecular weight is 261 g/mol. The molecule has 104 valence electrons. The molecule has 1 aliphatic rings. The van der Waals surface area contributed by atoms with E-state index in [1.165, 1.54) is 11.1 Å². The van der Waals surface area contributed by atoms with Crippen LogP contribution in [-0.4, -0.2) is 37.0 Å². The van der Waals surface area contributed by atoms with Gasteiger partial charge in [-0.25, -0.2) is 0 Å². The molecular weight excluding hydrogens is 238 g/mol. The first-order valence-electron chi connectivity index (χ1n) is 6.72. The highest BCUT2D eigenvalue weighted by Crippen LogP contribution is 2.32. The van der Waals surface area contributed by atoms with Gasteiger partial charge in [0.15, 0.2) is 0 Å². The Labute approximate surface area is 115 Å². The average Bonchev–Trinajstić information content (AvgIpc) is 3.10. The number of nitrogens with zero attached hydrogens (tertiary/aromatic N) is 1. The summed E-state index contributed by atoms with van der Waals surface area (Å²) in [6.07, 6.45) is 1.60. The van der Waals surface area contributed by atoms with Crippen LogP contribution in [0.3, 0.4) is 0 Å². The molecule has 0 radical (unpaired) electrons. The van der Waals surface area contributed by atoms with Crippen molar-refractivity contribution in [2.45, 2.75) is 31.3 Å². The van der Waals surface area contributed by atoms with Crippen molar-refractivity contribution in [3.63, 3.8) is 0 Å². The fourth-order valence-corrected chi connectivity index (χ4v) is 2.11. The molecule has 1 saturated carbocycles. The molecular formula is C15H23N3O. The number of nitrogens with two attached hydrogens (primary N) is 1. The molecule has 3 N–H and O–H groups in total. The number of hydrogen-bond acceptors (Lipinski definition) is 3. The van der Waals surface area contributed by atoms with Crippen molar-refractivity contribution in [2.75, 3.05) is 20.6 Å². The topological polar surface area (TPSA) is 58.4 Å². The lowest BCUT2D eigenvalue weighted by Gasteiger charge is -2.26. The highest BCUT2D eigenvalue weighted by Gasteiger charge is 2.45. The first kappa shape index (κ1) is 14.0. The number of carbonyl (C=O) groups excluding carboxylic acids is 1. The Hall–Kier alpha value is -1.39. The Morgan fingerprint density at radius 1 is 1.37 bits per heavy atom. The molecule has 4 nitrogen and oxygen atoms in total. The van der Waals surface area contributed by atoms with Gasteiger partial charge in [0.2, 0.25) is 5.91 Å². The Bertz CT molecular complexity index is 449. The molecule has 1 atom stereocenters. The fraction of sp³-hybridized carbons (Fsp3) is 0.533. The molecule has 0 aromatic heterocycles. The maximum Gasteiger partial charge on any atom is 0.240 e. The standard InChI is InChI=1S/C15H23N3O/c1-11-4-6-12(7-5-11)13(18(2)3)10-17-14(19)15(16)8-9-15/h4-7,13H,8-10,16H2,1-3H3,(H,17,19). The molecule has 19 heavy (non-hydrogen) atoms. The third-order valence-electron chi connectivity index (χ3n) is 3.78. The first-order chi connectivity index (χ1) is 8.92. The SMILES string of the molecule is Cc1ccc(C(CNC(=O)C2(N)CC2)N(C)C)cc1. The van der Waals surface area contributed by atoms with E-state index in [-0.39, 0.29) is 11.9 Å². The summed E-state index contributed by atoms with van der Waals surface area (Å²) in [5.41, 5.74) is 7.74. The van der Waals surface area contributed by atoms with Crippen LogP contribution in [0.2, 0.25) is 0 Å². The fourth-order valence-electron chi connectivity index (χ4n) is 2.11. The molecule has 0 bridgehead atoms. The van der Waals surface area contributed by atoms with Crippen LogP contribution in [0, 0.1) is 6.92 Å². The van der Waals surface area contributed by atoms with E-state index in [0.29, 0.717) is 6.54 Å². The van der Waals surface area contributed by atoms with E-state index in [1.807, 2.05) is 14.1 Å². The van der Waals surface area contributed by atoms with Gasteiger partial charge >= 0.3 is 0 Å². The minimum absolute atomic E-state index is 0.0218. The number of hydrogen-bond donors (Lipinski definition) is 2. The lowest BCUT2D eigenvalue weighted by molar-refractivity contribution is -0.123. The summed E-state index contributed by atoms with van der Waals surface area (Å²) >= 11 is 0. The van der Waals surface area contributed by atoms with Gasteiger partial charge in [0.1, 0.15) is 0 Å². The van der Waals surface area contributed by atoms with Crippen molar-refractivity contribution in [3.05, 3.63) is 35.4 Å². The van der Waals surface area contributed by atoms with Crippen LogP contribution in [0.15, 0.2) is 24.3 Å². The summed E-state index contributed by atoms with van der Waals surface area (Å²) in [5, 5.41) is 2.97. The van der Waals surface area contributed by atoms with Crippen molar-refractivity contribution in [1.29, 1.82) is 0 Å². The number of rotatable bonds is 5. The molecule has 0 saturated heterocycles. The zero-order chi connectivity index (χ0) is 14.0. The second-order valence-corrected chi connectivity index (χ2v) is 5.76. The van der Waals surface area contributed by atoms with Gasteiger partial charge in [-0.15, -0.1) is 0 Å². The molecule has 1 fully saturated rings. The number of nitrogens with one attached hydrogen (secondary N) is 1. The van der Waals surface area contributed by atoms with Gasteiger partial charge in [0, 0.05) is 6.54 Å². The predicted octanol–water partition coefficient (Wildman–Crippen LogP) is 1.21. The third-order valence-corrected chi connectivity index (χ3v) is 3.78. The first-order valence-corrected chi connectivity index (χ1v) is 6.72. The van der Waals surface area contributed by atoms with Gasteiger partial charge < -0.3 is 16.0 Å². The van der Waals surface area contributed by atoms with Gasteiger partial charge in [-0.3, -0.25) is 4.79 Å². The van der Waals surface area contributed by atoms with E-state index in [2.05, 4.69) is 41.4 Å². The van der Waals surface area contributed by atoms with E-state index < -0.39 is 5.54 Å². The third kappa shape index (κ3) is 3.33. The van der Waals surface area contributed by atoms with Crippen LogP contribution < -0.4 is 11.1 Å². The van der Waals surface area contributed by atoms with Crippen molar-refractivity contribution < 1.29 is 4.79 Å². The minimum Gasteiger partial charge on any atom is -0.353 e. The number of likely N-dealkylation sites (N-methyl/N-ethyl adjacent to an activating group) is 1. The summed E-state index contributed by atoms with van der Waals surface area (Å²) in [4.78, 5) is 14.0. The lowest BCUT2D eigenvalue weighted by atomic mass is 10.0. The monoisotopic (exact) mass is 261 g/mol. The van der Waals surface area contributed by atoms with Crippen molar-refractivity contribution >= 4 is 5.91 Å². The molecule has 1 aromatic rings. The summed E-state index contributed by atoms with van der Waals surface area (Å²) in [7, 11) is 4.04. The van der Waals surface area contributed by atoms with Gasteiger partial charge in [-0.1, -0.05) is 29.8 Å². The van der Waals surface area contributed by atoms with E-state index in [4.69, 9.17) is 5.73 Å². The Kier molecular flexibility index (Phi) is 3.92. The molecule has 0 spiro atoms. The van der Waals surface area contributed by atoms with Crippen LogP contribution in [-0.2, 0) is 4.79 Å². The molecule has 0 aliphatic heterocycles. The molecule has 4 heteroatoms. The number of aryl methyl sites for hydroxylation is 1. The van der Waals surface area contributed by atoms with Gasteiger partial charge in [-0.2, -0.15) is 0 Å².